The van der Waals surface area contributed by atoms with E-state index in [0.29, 0.717) is 6.54 Å². The van der Waals surface area contributed by atoms with Gasteiger partial charge in [0.05, 0.1) is 11.0 Å². The largest absolute Gasteiger partial charge is 0.342 e. The maximum Gasteiger partial charge on any atom is 0.270 e. The molecule has 0 spiro atoms. The van der Waals surface area contributed by atoms with Crippen molar-refractivity contribution >= 4 is 22.7 Å². The van der Waals surface area contributed by atoms with Gasteiger partial charge in [-0.1, -0.05) is 30.3 Å². The summed E-state index contributed by atoms with van der Waals surface area (Å²) in [7, 11) is 0. The molecule has 3 rings (SSSR count). The Bertz CT molecular complexity index is 934. The van der Waals surface area contributed by atoms with E-state index in [1.807, 2.05) is 47.2 Å². The topological polar surface area (TPSA) is 71.9 Å². The van der Waals surface area contributed by atoms with Crippen LogP contribution in [0.15, 0.2) is 60.8 Å². The number of hydrogen-bond donors (Lipinski definition) is 0. The molecule has 0 fully saturated rings. The van der Waals surface area contributed by atoms with E-state index in [2.05, 4.69) is 0 Å². The number of nitro benzene ring substituents is 1. The maximum atomic E-state index is 11.0. The fourth-order valence-electron chi connectivity index (χ4n) is 2.60. The lowest BCUT2D eigenvalue weighted by Crippen LogP contribution is -1.97. The van der Waals surface area contributed by atoms with Crippen LogP contribution in [0.2, 0.25) is 0 Å². The zero-order valence-electron chi connectivity index (χ0n) is 12.2. The molecule has 5 heteroatoms. The van der Waals surface area contributed by atoms with E-state index in [-0.39, 0.29) is 5.69 Å². The zero-order chi connectivity index (χ0) is 16.2. The Balaban J connectivity index is 2.13. The summed E-state index contributed by atoms with van der Waals surface area (Å²) in [5.41, 5.74) is 2.87. The number of nitriles is 1. The first-order valence-corrected chi connectivity index (χ1v) is 7.06. The van der Waals surface area contributed by atoms with Crippen LogP contribution < -0.4 is 0 Å². The second kappa shape index (κ2) is 6.16. The smallest absolute Gasteiger partial charge is 0.270 e. The molecule has 0 aliphatic heterocycles. The molecule has 1 aromatic heterocycles. The summed E-state index contributed by atoms with van der Waals surface area (Å²) in [6.07, 6.45) is 4.96. The highest BCUT2D eigenvalue weighted by atomic mass is 16.6. The normalized spacial score (nSPS) is 10.9. The van der Waals surface area contributed by atoms with E-state index < -0.39 is 4.92 Å². The molecule has 0 N–H and O–H groups in total. The van der Waals surface area contributed by atoms with Crippen molar-refractivity contribution in [3.05, 3.63) is 82.0 Å². The molecular weight excluding hydrogens is 290 g/mol. The minimum Gasteiger partial charge on any atom is -0.342 e. The van der Waals surface area contributed by atoms with Gasteiger partial charge in [-0.2, -0.15) is 5.26 Å². The van der Waals surface area contributed by atoms with E-state index >= 15 is 0 Å². The van der Waals surface area contributed by atoms with Crippen molar-refractivity contribution in [2.45, 2.75) is 6.54 Å². The molecular formula is C18H13N3O2. The Kier molecular flexibility index (Phi) is 3.89. The van der Waals surface area contributed by atoms with Gasteiger partial charge in [0.15, 0.2) is 0 Å². The van der Waals surface area contributed by atoms with Crippen molar-refractivity contribution < 1.29 is 4.92 Å². The summed E-state index contributed by atoms with van der Waals surface area (Å²) < 4.78 is 2.03. The molecule has 5 nitrogen and oxygen atoms in total. The van der Waals surface area contributed by atoms with E-state index in [1.165, 1.54) is 12.1 Å². The number of benzene rings is 2. The zero-order valence-corrected chi connectivity index (χ0v) is 12.2. The minimum absolute atomic E-state index is 0.0431. The van der Waals surface area contributed by atoms with Crippen LogP contribution >= 0.6 is 0 Å². The first-order chi connectivity index (χ1) is 11.2. The SMILES string of the molecule is N#C/C=C/c1cn(Cc2ccccc2)c2ccc([N+](=O)[O-])cc12. The lowest BCUT2D eigenvalue weighted by Gasteiger charge is -2.05. The highest BCUT2D eigenvalue weighted by Crippen LogP contribution is 2.27. The Labute approximate surface area is 132 Å². The molecule has 112 valence electrons. The van der Waals surface area contributed by atoms with Gasteiger partial charge in [0, 0.05) is 47.4 Å². The van der Waals surface area contributed by atoms with Crippen LogP contribution in [-0.4, -0.2) is 9.49 Å². The molecule has 0 unspecified atom stereocenters. The van der Waals surface area contributed by atoms with Gasteiger partial charge in [-0.15, -0.1) is 0 Å². The van der Waals surface area contributed by atoms with Crippen molar-refractivity contribution in [1.29, 1.82) is 5.26 Å². The van der Waals surface area contributed by atoms with Crippen molar-refractivity contribution in [2.24, 2.45) is 0 Å². The van der Waals surface area contributed by atoms with Crippen LogP contribution in [0.4, 0.5) is 5.69 Å². The Morgan fingerprint density at radius 2 is 2.00 bits per heavy atom. The van der Waals surface area contributed by atoms with Crippen molar-refractivity contribution in [1.82, 2.24) is 4.57 Å². The van der Waals surface area contributed by atoms with Gasteiger partial charge in [-0.25, -0.2) is 0 Å². The van der Waals surface area contributed by atoms with Crippen LogP contribution in [0.25, 0.3) is 17.0 Å². The fraction of sp³-hybridized carbons (Fsp3) is 0.0556. The predicted molar refractivity (Wildman–Crippen MR) is 88.8 cm³/mol. The quantitative estimate of drug-likeness (QED) is 0.413. The van der Waals surface area contributed by atoms with Crippen LogP contribution in [0.5, 0.6) is 0 Å². The summed E-state index contributed by atoms with van der Waals surface area (Å²) in [5.74, 6) is 0. The standard InChI is InChI=1S/C18H13N3O2/c19-10-4-7-15-13-20(12-14-5-2-1-3-6-14)18-9-8-16(21(22)23)11-17(15)18/h1-9,11,13H,12H2/b7-4+. The van der Waals surface area contributed by atoms with Gasteiger partial charge < -0.3 is 4.57 Å². The maximum absolute atomic E-state index is 11.0. The minimum atomic E-state index is -0.411. The molecule has 0 radical (unpaired) electrons. The monoisotopic (exact) mass is 303 g/mol. The van der Waals surface area contributed by atoms with Crippen LogP contribution in [-0.2, 0) is 6.54 Å². The molecule has 1 heterocycles. The van der Waals surface area contributed by atoms with Crippen molar-refractivity contribution in [3.63, 3.8) is 0 Å². The summed E-state index contributed by atoms with van der Waals surface area (Å²) in [4.78, 5) is 10.6. The van der Waals surface area contributed by atoms with Gasteiger partial charge in [0.2, 0.25) is 0 Å². The molecule has 0 saturated heterocycles. The second-order valence-corrected chi connectivity index (χ2v) is 5.12. The number of allylic oxidation sites excluding steroid dienone is 1. The summed E-state index contributed by atoms with van der Waals surface area (Å²) in [6, 6.07) is 16.7. The van der Waals surface area contributed by atoms with Crippen LogP contribution in [0.1, 0.15) is 11.1 Å². The van der Waals surface area contributed by atoms with Crippen LogP contribution in [0, 0.1) is 21.4 Å². The van der Waals surface area contributed by atoms with Gasteiger partial charge in [-0.3, -0.25) is 10.1 Å². The number of nitrogens with zero attached hydrogens (tertiary/aromatic N) is 3. The fourth-order valence-corrected chi connectivity index (χ4v) is 2.60. The molecule has 2 aromatic carbocycles. The van der Waals surface area contributed by atoms with Gasteiger partial charge in [-0.05, 0) is 17.7 Å². The third kappa shape index (κ3) is 2.97. The average molecular weight is 303 g/mol. The lowest BCUT2D eigenvalue weighted by atomic mass is 10.1. The Hall–Kier alpha value is -3.39. The summed E-state index contributed by atoms with van der Waals surface area (Å²) in [6.45, 7) is 0.662. The van der Waals surface area contributed by atoms with Gasteiger partial charge >= 0.3 is 0 Å². The van der Waals surface area contributed by atoms with Crippen molar-refractivity contribution in [2.75, 3.05) is 0 Å². The van der Waals surface area contributed by atoms with Crippen molar-refractivity contribution in [3.8, 4) is 6.07 Å². The van der Waals surface area contributed by atoms with E-state index in [0.717, 1.165) is 22.0 Å². The molecule has 23 heavy (non-hydrogen) atoms. The number of rotatable bonds is 4. The van der Waals surface area contributed by atoms with Crippen LogP contribution in [0.3, 0.4) is 0 Å². The van der Waals surface area contributed by atoms with Gasteiger partial charge in [0.25, 0.3) is 5.69 Å². The highest BCUT2D eigenvalue weighted by molar-refractivity contribution is 5.91. The highest BCUT2D eigenvalue weighted by Gasteiger charge is 2.12. The Morgan fingerprint density at radius 1 is 1.22 bits per heavy atom. The van der Waals surface area contributed by atoms with E-state index in [1.54, 1.807) is 18.2 Å². The molecule has 0 aliphatic carbocycles. The molecule has 0 amide bonds. The molecule has 3 aromatic rings. The third-order valence-corrected chi connectivity index (χ3v) is 3.64. The van der Waals surface area contributed by atoms with Gasteiger partial charge in [0.1, 0.15) is 0 Å². The van der Waals surface area contributed by atoms with E-state index in [4.69, 9.17) is 5.26 Å². The third-order valence-electron chi connectivity index (χ3n) is 3.64. The molecule has 0 aliphatic rings. The summed E-state index contributed by atoms with van der Waals surface area (Å²) in [5, 5.41) is 20.5. The first kappa shape index (κ1) is 14.5. The molecule has 0 saturated carbocycles. The predicted octanol–water partition coefficient (Wildman–Crippen LogP) is 4.13. The number of hydrogen-bond acceptors (Lipinski definition) is 3. The Morgan fingerprint density at radius 3 is 2.70 bits per heavy atom. The number of aromatic nitrogens is 1. The average Bonchev–Trinajstić information content (AvgIpc) is 2.91. The molecule has 0 atom stereocenters. The molecule has 0 bridgehead atoms. The van der Waals surface area contributed by atoms with E-state index in [9.17, 15) is 10.1 Å². The summed E-state index contributed by atoms with van der Waals surface area (Å²) >= 11 is 0. The second-order valence-electron chi connectivity index (χ2n) is 5.12. The lowest BCUT2D eigenvalue weighted by molar-refractivity contribution is -0.384. The number of fused-ring (bicyclic) bond motifs is 1. The first-order valence-electron chi connectivity index (χ1n) is 7.06. The number of nitro groups is 1. The number of non-ortho nitro benzene ring substituents is 1.